The van der Waals surface area contributed by atoms with Crippen molar-refractivity contribution >= 4 is 29.0 Å². The van der Waals surface area contributed by atoms with Crippen LogP contribution in [-0.2, 0) is 4.79 Å². The van der Waals surface area contributed by atoms with E-state index < -0.39 is 0 Å². The first-order chi connectivity index (χ1) is 11.6. The molecule has 24 heavy (non-hydrogen) atoms. The highest BCUT2D eigenvalue weighted by atomic mass is 35.5. The second-order valence-electron chi connectivity index (χ2n) is 4.95. The Kier molecular flexibility index (Phi) is 6.35. The average Bonchev–Trinajstić information content (AvgIpc) is 2.59. The number of ether oxygens (including phenoxy) is 1. The first-order valence-corrected chi connectivity index (χ1v) is 7.64. The summed E-state index contributed by atoms with van der Waals surface area (Å²) in [4.78, 5) is 23.9. The summed E-state index contributed by atoms with van der Waals surface area (Å²) in [7, 11) is 0. The molecule has 2 aromatic rings. The van der Waals surface area contributed by atoms with Gasteiger partial charge in [-0.3, -0.25) is 9.59 Å². The second kappa shape index (κ2) is 8.70. The fourth-order valence-electron chi connectivity index (χ4n) is 1.98. The van der Waals surface area contributed by atoms with Crippen molar-refractivity contribution in [1.82, 2.24) is 0 Å². The molecule has 0 spiro atoms. The van der Waals surface area contributed by atoms with E-state index in [9.17, 15) is 9.59 Å². The smallest absolute Gasteiger partial charge is 0.224 e. The predicted octanol–water partition coefficient (Wildman–Crippen LogP) is 3.84. The number of rotatable bonds is 7. The monoisotopic (exact) mass is 342 g/mol. The number of hydrogen-bond donors (Lipinski definition) is 1. The van der Waals surface area contributed by atoms with Gasteiger partial charge in [0.05, 0.1) is 0 Å². The van der Waals surface area contributed by atoms with Gasteiger partial charge in [-0.2, -0.15) is 5.26 Å². The molecular weight excluding hydrogens is 328 g/mol. The highest BCUT2D eigenvalue weighted by molar-refractivity contribution is 6.30. The highest BCUT2D eigenvalue weighted by Crippen LogP contribution is 2.16. The van der Waals surface area contributed by atoms with E-state index in [1.165, 1.54) is 0 Å². The van der Waals surface area contributed by atoms with E-state index in [0.717, 1.165) is 0 Å². The molecule has 0 atom stereocenters. The molecule has 1 amide bonds. The van der Waals surface area contributed by atoms with Gasteiger partial charge in [0, 0.05) is 29.1 Å². The molecule has 5 nitrogen and oxygen atoms in total. The van der Waals surface area contributed by atoms with Gasteiger partial charge >= 0.3 is 0 Å². The average molecular weight is 343 g/mol. The first-order valence-electron chi connectivity index (χ1n) is 7.27. The van der Waals surface area contributed by atoms with Gasteiger partial charge in [0.2, 0.25) is 5.91 Å². The zero-order valence-corrected chi connectivity index (χ0v) is 13.5. The summed E-state index contributed by atoms with van der Waals surface area (Å²) in [5.74, 6) is 0.192. The summed E-state index contributed by atoms with van der Waals surface area (Å²) in [5, 5.41) is 11.7. The van der Waals surface area contributed by atoms with Crippen LogP contribution < -0.4 is 10.1 Å². The molecule has 2 aromatic carbocycles. The van der Waals surface area contributed by atoms with Gasteiger partial charge in [0.15, 0.2) is 12.4 Å². The summed E-state index contributed by atoms with van der Waals surface area (Å²) in [6.45, 7) is -0.0293. The number of benzene rings is 2. The fraction of sp³-hybridized carbons (Fsp3) is 0.167. The third-order valence-corrected chi connectivity index (χ3v) is 3.44. The molecule has 1 N–H and O–H groups in total. The number of Topliss-reactive ketones (excluding diaryl/α,β-unsaturated/α-hetero) is 1. The molecule has 122 valence electrons. The van der Waals surface area contributed by atoms with Crippen LogP contribution in [0.2, 0.25) is 5.02 Å². The molecule has 0 saturated carbocycles. The number of nitriles is 1. The maximum atomic E-state index is 12.0. The van der Waals surface area contributed by atoms with Crippen molar-refractivity contribution in [3.05, 3.63) is 59.1 Å². The van der Waals surface area contributed by atoms with Gasteiger partial charge in [-0.05, 0) is 48.5 Å². The number of amides is 1. The van der Waals surface area contributed by atoms with Gasteiger partial charge in [-0.15, -0.1) is 0 Å². The normalized spacial score (nSPS) is 9.83. The number of carbonyl (C=O) groups excluding carboxylic acids is 2. The minimum absolute atomic E-state index is 0.0293. The van der Waals surface area contributed by atoms with Crippen LogP contribution in [0.1, 0.15) is 23.2 Å². The molecule has 2 rings (SSSR count). The summed E-state index contributed by atoms with van der Waals surface area (Å²) in [6, 6.07) is 15.1. The van der Waals surface area contributed by atoms with Crippen LogP contribution in [0.4, 0.5) is 5.69 Å². The molecule has 0 radical (unpaired) electrons. The third kappa shape index (κ3) is 5.41. The van der Waals surface area contributed by atoms with E-state index in [1.807, 2.05) is 6.07 Å². The van der Waals surface area contributed by atoms with Crippen molar-refractivity contribution in [2.75, 3.05) is 11.9 Å². The predicted molar refractivity (Wildman–Crippen MR) is 91.2 cm³/mol. The zero-order chi connectivity index (χ0) is 17.4. The quantitative estimate of drug-likeness (QED) is 0.775. The number of nitrogens with one attached hydrogen (secondary N) is 1. The number of nitrogens with zero attached hydrogens (tertiary/aromatic N) is 1. The Balaban J connectivity index is 1.81. The molecule has 0 aliphatic rings. The van der Waals surface area contributed by atoms with Crippen molar-refractivity contribution < 1.29 is 14.3 Å². The fourth-order valence-corrected chi connectivity index (χ4v) is 2.11. The molecule has 0 aromatic heterocycles. The standard InChI is InChI=1S/C18H15ClN2O3/c19-14-3-1-13(2-4-14)17(22)9-10-18(23)21-15-5-7-16(8-6-15)24-12-11-20/h1-8H,9-10,12H2,(H,21,23). The maximum Gasteiger partial charge on any atom is 0.224 e. The van der Waals surface area contributed by atoms with E-state index in [2.05, 4.69) is 5.32 Å². The van der Waals surface area contributed by atoms with E-state index in [4.69, 9.17) is 21.6 Å². The van der Waals surface area contributed by atoms with Crippen molar-refractivity contribution in [2.24, 2.45) is 0 Å². The SMILES string of the molecule is N#CCOc1ccc(NC(=O)CCC(=O)c2ccc(Cl)cc2)cc1. The molecular formula is C18H15ClN2O3. The first kappa shape index (κ1) is 17.5. The minimum Gasteiger partial charge on any atom is -0.479 e. The number of ketones is 1. The lowest BCUT2D eigenvalue weighted by Gasteiger charge is -2.06. The van der Waals surface area contributed by atoms with Crippen LogP contribution in [0.15, 0.2) is 48.5 Å². The number of carbonyl (C=O) groups is 2. The van der Waals surface area contributed by atoms with Gasteiger partial charge in [-0.1, -0.05) is 11.6 Å². The van der Waals surface area contributed by atoms with Gasteiger partial charge in [-0.25, -0.2) is 0 Å². The topological polar surface area (TPSA) is 79.2 Å². The largest absolute Gasteiger partial charge is 0.479 e. The number of anilines is 1. The van der Waals surface area contributed by atoms with Gasteiger partial charge in [0.25, 0.3) is 0 Å². The van der Waals surface area contributed by atoms with Gasteiger partial charge in [0.1, 0.15) is 11.8 Å². The van der Waals surface area contributed by atoms with Crippen LogP contribution in [0.3, 0.4) is 0 Å². The van der Waals surface area contributed by atoms with Crippen LogP contribution in [0.25, 0.3) is 0 Å². The molecule has 0 aliphatic carbocycles. The Morgan fingerprint density at radius 2 is 1.71 bits per heavy atom. The Bertz CT molecular complexity index is 749. The second-order valence-corrected chi connectivity index (χ2v) is 5.39. The molecule has 0 saturated heterocycles. The summed E-state index contributed by atoms with van der Waals surface area (Å²) in [6.07, 6.45) is 0.213. The summed E-state index contributed by atoms with van der Waals surface area (Å²) in [5.41, 5.74) is 1.13. The van der Waals surface area contributed by atoms with E-state index in [1.54, 1.807) is 48.5 Å². The number of hydrogen-bond acceptors (Lipinski definition) is 4. The maximum absolute atomic E-state index is 12.0. The Hall–Kier alpha value is -2.84. The molecule has 0 unspecified atom stereocenters. The van der Waals surface area contributed by atoms with Gasteiger partial charge < -0.3 is 10.1 Å². The lowest BCUT2D eigenvalue weighted by molar-refractivity contribution is -0.116. The molecule has 6 heteroatoms. The van der Waals surface area contributed by atoms with Crippen molar-refractivity contribution in [1.29, 1.82) is 5.26 Å². The lowest BCUT2D eigenvalue weighted by atomic mass is 10.1. The van der Waals surface area contributed by atoms with Crippen LogP contribution >= 0.6 is 11.6 Å². The van der Waals surface area contributed by atoms with E-state index in [0.29, 0.717) is 22.0 Å². The third-order valence-electron chi connectivity index (χ3n) is 3.19. The molecule has 0 heterocycles. The van der Waals surface area contributed by atoms with Crippen molar-refractivity contribution in [3.8, 4) is 11.8 Å². The zero-order valence-electron chi connectivity index (χ0n) is 12.8. The highest BCUT2D eigenvalue weighted by Gasteiger charge is 2.09. The summed E-state index contributed by atoms with van der Waals surface area (Å²) >= 11 is 5.77. The van der Waals surface area contributed by atoms with E-state index >= 15 is 0 Å². The van der Waals surface area contributed by atoms with Crippen LogP contribution in [0.5, 0.6) is 5.75 Å². The Morgan fingerprint density at radius 3 is 2.33 bits per heavy atom. The van der Waals surface area contributed by atoms with Crippen molar-refractivity contribution in [3.63, 3.8) is 0 Å². The van der Waals surface area contributed by atoms with Crippen LogP contribution in [-0.4, -0.2) is 18.3 Å². The Labute approximate surface area is 144 Å². The van der Waals surface area contributed by atoms with Crippen molar-refractivity contribution in [2.45, 2.75) is 12.8 Å². The summed E-state index contributed by atoms with van der Waals surface area (Å²) < 4.78 is 5.12. The lowest BCUT2D eigenvalue weighted by Crippen LogP contribution is -2.13. The molecule has 0 aliphatic heterocycles. The Morgan fingerprint density at radius 1 is 1.04 bits per heavy atom. The number of halogens is 1. The minimum atomic E-state index is -0.247. The molecule has 0 fully saturated rings. The van der Waals surface area contributed by atoms with Crippen LogP contribution in [0, 0.1) is 11.3 Å². The van der Waals surface area contributed by atoms with E-state index in [-0.39, 0.29) is 31.1 Å². The molecule has 0 bridgehead atoms.